The number of esters is 2. The first-order chi connectivity index (χ1) is 14.7. The second-order valence-corrected chi connectivity index (χ2v) is 6.91. The number of unbranched alkanes of at least 4 members (excludes halogenated alkanes) is 6. The van der Waals surface area contributed by atoms with Gasteiger partial charge in [-0.25, -0.2) is 0 Å². The van der Waals surface area contributed by atoms with E-state index in [1.165, 1.54) is 6.42 Å². The summed E-state index contributed by atoms with van der Waals surface area (Å²) in [6.07, 6.45) is 7.69. The minimum Gasteiger partial charge on any atom is -0.481 e. The Morgan fingerprint density at radius 3 is 1.19 bits per heavy atom. The lowest BCUT2D eigenvalue weighted by atomic mass is 10.1. The van der Waals surface area contributed by atoms with Crippen LogP contribution in [0, 0.1) is 0 Å². The van der Waals surface area contributed by atoms with Crippen molar-refractivity contribution in [2.24, 2.45) is 0 Å². The maximum atomic E-state index is 11.3. The molecule has 0 spiro atoms. The Morgan fingerprint density at radius 1 is 0.516 bits per heavy atom. The van der Waals surface area contributed by atoms with E-state index in [4.69, 9.17) is 24.8 Å². The molecule has 31 heavy (non-hydrogen) atoms. The average Bonchev–Trinajstić information content (AvgIpc) is 2.68. The monoisotopic (exact) mass is 448 g/mol. The lowest BCUT2D eigenvalue weighted by Gasteiger charge is -2.06. The molecule has 0 aromatic rings. The van der Waals surface area contributed by atoms with Crippen LogP contribution in [0.2, 0.25) is 0 Å². The number of carboxylic acids is 3. The summed E-state index contributed by atoms with van der Waals surface area (Å²) in [5.41, 5.74) is 0. The van der Waals surface area contributed by atoms with Crippen LogP contribution < -0.4 is 0 Å². The van der Waals surface area contributed by atoms with E-state index in [1.54, 1.807) is 0 Å². The summed E-state index contributed by atoms with van der Waals surface area (Å²) in [5.74, 6) is -3.45. The summed E-state index contributed by atoms with van der Waals surface area (Å²) in [4.78, 5) is 52.6. The van der Waals surface area contributed by atoms with E-state index in [2.05, 4.69) is 6.92 Å². The molecule has 0 radical (unpaired) electrons. The molecule has 10 nitrogen and oxygen atoms in total. The van der Waals surface area contributed by atoms with Crippen molar-refractivity contribution in [1.82, 2.24) is 0 Å². The third-order valence-corrected chi connectivity index (χ3v) is 3.98. The van der Waals surface area contributed by atoms with Gasteiger partial charge in [0.2, 0.25) is 6.79 Å². The minimum absolute atomic E-state index is 0.0420. The van der Waals surface area contributed by atoms with Crippen molar-refractivity contribution in [3.8, 4) is 0 Å². The van der Waals surface area contributed by atoms with Crippen molar-refractivity contribution in [2.75, 3.05) is 6.79 Å². The normalized spacial score (nSPS) is 9.84. The van der Waals surface area contributed by atoms with Crippen LogP contribution in [0.1, 0.15) is 96.8 Å². The molecule has 0 aromatic carbocycles. The van der Waals surface area contributed by atoms with Crippen LogP contribution in [-0.2, 0) is 33.4 Å². The van der Waals surface area contributed by atoms with Gasteiger partial charge in [-0.1, -0.05) is 32.6 Å². The summed E-state index contributed by atoms with van der Waals surface area (Å²) in [5, 5.41) is 24.7. The molecule has 0 unspecified atom stereocenters. The molecule has 0 bridgehead atoms. The number of carbonyl (C=O) groups is 5. The second kappa shape index (κ2) is 22.0. The van der Waals surface area contributed by atoms with Crippen molar-refractivity contribution < 1.29 is 48.8 Å². The van der Waals surface area contributed by atoms with Gasteiger partial charge in [-0.15, -0.1) is 0 Å². The standard InChI is InChI=1S/C15H26O6.C6H10O4/c1-2-3-4-5-6-10-14(18)20-12-21-15(19)11-8-7-9-13(16)17;7-5(8)3-1-2-4-6(9)10/h2-12H2,1H3,(H,16,17);1-4H2,(H,7,8)(H,9,10). The molecular formula is C21H36O10. The Morgan fingerprint density at radius 2 is 0.839 bits per heavy atom. The Labute approximate surface area is 182 Å². The van der Waals surface area contributed by atoms with E-state index < -0.39 is 23.9 Å². The number of hydrogen-bond acceptors (Lipinski definition) is 7. The molecule has 0 rings (SSSR count). The molecule has 10 heteroatoms. The highest BCUT2D eigenvalue weighted by Gasteiger charge is 2.07. The fourth-order valence-corrected chi connectivity index (χ4v) is 2.28. The van der Waals surface area contributed by atoms with Crippen LogP contribution in [0.25, 0.3) is 0 Å². The number of ether oxygens (including phenoxy) is 2. The quantitative estimate of drug-likeness (QED) is 0.160. The second-order valence-electron chi connectivity index (χ2n) is 6.91. The molecule has 0 atom stereocenters. The first-order valence-corrected chi connectivity index (χ1v) is 10.7. The molecule has 0 heterocycles. The zero-order valence-corrected chi connectivity index (χ0v) is 18.3. The van der Waals surface area contributed by atoms with Gasteiger partial charge in [0.25, 0.3) is 0 Å². The minimum atomic E-state index is -0.878. The molecule has 0 aromatic heterocycles. The van der Waals surface area contributed by atoms with Gasteiger partial charge in [0.05, 0.1) is 0 Å². The third kappa shape index (κ3) is 29.6. The summed E-state index contributed by atoms with van der Waals surface area (Å²) in [7, 11) is 0. The first kappa shape index (κ1) is 30.5. The molecule has 0 aliphatic carbocycles. The summed E-state index contributed by atoms with van der Waals surface area (Å²) in [6.45, 7) is 1.77. The summed E-state index contributed by atoms with van der Waals surface area (Å²) < 4.78 is 9.52. The Kier molecular flexibility index (Phi) is 21.7. The van der Waals surface area contributed by atoms with Crippen LogP contribution in [0.4, 0.5) is 0 Å². The predicted molar refractivity (Wildman–Crippen MR) is 110 cm³/mol. The zero-order valence-electron chi connectivity index (χ0n) is 18.3. The lowest BCUT2D eigenvalue weighted by molar-refractivity contribution is -0.167. The fourth-order valence-electron chi connectivity index (χ4n) is 2.28. The van der Waals surface area contributed by atoms with Gasteiger partial charge in [-0.3, -0.25) is 24.0 Å². The summed E-state index contributed by atoms with van der Waals surface area (Å²) in [6, 6.07) is 0. The van der Waals surface area contributed by atoms with Crippen LogP contribution in [0.15, 0.2) is 0 Å². The highest BCUT2D eigenvalue weighted by Crippen LogP contribution is 2.06. The molecule has 0 aliphatic heterocycles. The molecule has 3 N–H and O–H groups in total. The topological polar surface area (TPSA) is 164 Å². The third-order valence-electron chi connectivity index (χ3n) is 3.98. The molecule has 0 saturated heterocycles. The van der Waals surface area contributed by atoms with Crippen molar-refractivity contribution in [3.63, 3.8) is 0 Å². The Balaban J connectivity index is 0. The SMILES string of the molecule is CCCCCCCC(=O)OCOC(=O)CCCCC(=O)O.O=C(O)CCCCC(=O)O. The maximum absolute atomic E-state index is 11.3. The number of carboxylic acid groups (broad SMARTS) is 3. The molecule has 180 valence electrons. The molecule has 0 aliphatic rings. The molecular weight excluding hydrogens is 412 g/mol. The fraction of sp³-hybridized carbons (Fsp3) is 0.762. The highest BCUT2D eigenvalue weighted by molar-refractivity contribution is 5.71. The molecule has 0 amide bonds. The van der Waals surface area contributed by atoms with Gasteiger partial charge < -0.3 is 24.8 Å². The smallest absolute Gasteiger partial charge is 0.308 e. The number of carbonyl (C=O) groups excluding carboxylic acids is 2. The van der Waals surface area contributed by atoms with Gasteiger partial charge in [-0.2, -0.15) is 0 Å². The first-order valence-electron chi connectivity index (χ1n) is 10.7. The molecule has 0 saturated carbocycles. The number of hydrogen-bond donors (Lipinski definition) is 3. The molecule has 0 fully saturated rings. The number of aliphatic carboxylic acids is 3. The van der Waals surface area contributed by atoms with E-state index in [1.807, 2.05) is 0 Å². The van der Waals surface area contributed by atoms with Crippen molar-refractivity contribution in [1.29, 1.82) is 0 Å². The van der Waals surface area contributed by atoms with Crippen molar-refractivity contribution in [3.05, 3.63) is 0 Å². The largest absolute Gasteiger partial charge is 0.481 e. The van der Waals surface area contributed by atoms with Gasteiger partial charge in [0.15, 0.2) is 0 Å². The van der Waals surface area contributed by atoms with Crippen LogP contribution in [-0.4, -0.2) is 52.0 Å². The summed E-state index contributed by atoms with van der Waals surface area (Å²) >= 11 is 0. The maximum Gasteiger partial charge on any atom is 0.308 e. The van der Waals surface area contributed by atoms with E-state index in [0.717, 1.165) is 25.7 Å². The average molecular weight is 449 g/mol. The van der Waals surface area contributed by atoms with Crippen LogP contribution in [0.3, 0.4) is 0 Å². The Hall–Kier alpha value is -2.65. The van der Waals surface area contributed by atoms with Gasteiger partial charge >= 0.3 is 29.8 Å². The van der Waals surface area contributed by atoms with Gasteiger partial charge in [0, 0.05) is 32.1 Å². The van der Waals surface area contributed by atoms with Gasteiger partial charge in [-0.05, 0) is 32.1 Å². The number of rotatable bonds is 18. The van der Waals surface area contributed by atoms with E-state index in [9.17, 15) is 24.0 Å². The van der Waals surface area contributed by atoms with E-state index in [-0.39, 0.29) is 38.4 Å². The Bertz CT molecular complexity index is 514. The van der Waals surface area contributed by atoms with Crippen LogP contribution >= 0.6 is 0 Å². The van der Waals surface area contributed by atoms with Crippen molar-refractivity contribution in [2.45, 2.75) is 96.8 Å². The van der Waals surface area contributed by atoms with Gasteiger partial charge in [0.1, 0.15) is 0 Å². The zero-order chi connectivity index (χ0) is 23.9. The lowest BCUT2D eigenvalue weighted by Crippen LogP contribution is -2.12. The van der Waals surface area contributed by atoms with Crippen LogP contribution in [0.5, 0.6) is 0 Å². The van der Waals surface area contributed by atoms with Crippen molar-refractivity contribution >= 4 is 29.8 Å². The predicted octanol–water partition coefficient (Wildman–Crippen LogP) is 3.75. The highest BCUT2D eigenvalue weighted by atomic mass is 16.7. The van der Waals surface area contributed by atoms with E-state index >= 15 is 0 Å². The van der Waals surface area contributed by atoms with E-state index in [0.29, 0.717) is 32.1 Å².